The van der Waals surface area contributed by atoms with Gasteiger partial charge in [0.2, 0.25) is 0 Å². The minimum Gasteiger partial charge on any atom is -0.481 e. The van der Waals surface area contributed by atoms with E-state index in [0.29, 0.717) is 31.1 Å². The molecular formula is C15H22N2O3. The fourth-order valence-corrected chi connectivity index (χ4v) is 2.39. The van der Waals surface area contributed by atoms with E-state index in [4.69, 9.17) is 5.11 Å². The maximum Gasteiger partial charge on any atom is 0.306 e. The van der Waals surface area contributed by atoms with Gasteiger partial charge >= 0.3 is 5.97 Å². The minimum atomic E-state index is -0.782. The highest BCUT2D eigenvalue weighted by Crippen LogP contribution is 2.32. The zero-order valence-corrected chi connectivity index (χ0v) is 11.8. The van der Waals surface area contributed by atoms with Gasteiger partial charge in [-0.25, -0.2) is 0 Å². The summed E-state index contributed by atoms with van der Waals surface area (Å²) in [6.07, 6.45) is 6.75. The van der Waals surface area contributed by atoms with Crippen molar-refractivity contribution in [2.45, 2.75) is 45.1 Å². The molecule has 1 aliphatic rings. The third-order valence-corrected chi connectivity index (χ3v) is 4.00. The number of nitrogens with one attached hydrogen (secondary N) is 1. The van der Waals surface area contributed by atoms with E-state index in [9.17, 15) is 9.59 Å². The molecule has 0 spiro atoms. The Bertz CT molecular complexity index is 477. The van der Waals surface area contributed by atoms with Crippen LogP contribution < -0.4 is 5.32 Å². The predicted molar refractivity (Wildman–Crippen MR) is 75.7 cm³/mol. The lowest BCUT2D eigenvalue weighted by molar-refractivity contribution is -0.141. The molecule has 0 bridgehead atoms. The smallest absolute Gasteiger partial charge is 0.306 e. The fraction of sp³-hybridized carbons (Fsp3) is 0.600. The first-order valence-corrected chi connectivity index (χ1v) is 7.27. The van der Waals surface area contributed by atoms with Crippen LogP contribution in [-0.4, -0.2) is 28.1 Å². The summed E-state index contributed by atoms with van der Waals surface area (Å²) in [7, 11) is 0. The molecule has 1 heterocycles. The maximum absolute atomic E-state index is 12.1. The largest absolute Gasteiger partial charge is 0.481 e. The van der Waals surface area contributed by atoms with Gasteiger partial charge in [-0.3, -0.25) is 9.59 Å². The molecule has 0 aromatic carbocycles. The Labute approximate surface area is 119 Å². The van der Waals surface area contributed by atoms with E-state index in [2.05, 4.69) is 9.88 Å². The van der Waals surface area contributed by atoms with Crippen molar-refractivity contribution in [1.82, 2.24) is 9.88 Å². The number of aliphatic carboxylic acids is 1. The summed E-state index contributed by atoms with van der Waals surface area (Å²) in [4.78, 5) is 22.8. The van der Waals surface area contributed by atoms with Gasteiger partial charge in [0.15, 0.2) is 0 Å². The summed E-state index contributed by atoms with van der Waals surface area (Å²) >= 11 is 0. The number of rotatable bonds is 7. The van der Waals surface area contributed by atoms with E-state index in [1.165, 1.54) is 6.42 Å². The van der Waals surface area contributed by atoms with Crippen LogP contribution in [-0.2, 0) is 4.79 Å². The first-order valence-electron chi connectivity index (χ1n) is 7.27. The Morgan fingerprint density at radius 1 is 1.50 bits per heavy atom. The molecule has 1 atom stereocenters. The van der Waals surface area contributed by atoms with E-state index in [1.807, 2.05) is 18.3 Å². The van der Waals surface area contributed by atoms with E-state index >= 15 is 0 Å². The van der Waals surface area contributed by atoms with Crippen molar-refractivity contribution in [3.63, 3.8) is 0 Å². The Balaban J connectivity index is 1.77. The topological polar surface area (TPSA) is 71.3 Å². The average molecular weight is 278 g/mol. The lowest BCUT2D eigenvalue weighted by atomic mass is 9.93. The zero-order valence-electron chi connectivity index (χ0n) is 11.8. The third kappa shape index (κ3) is 3.40. The van der Waals surface area contributed by atoms with Gasteiger partial charge in [0.25, 0.3) is 5.91 Å². The fourth-order valence-electron chi connectivity index (χ4n) is 2.39. The van der Waals surface area contributed by atoms with E-state index in [-0.39, 0.29) is 11.8 Å². The van der Waals surface area contributed by atoms with Gasteiger partial charge in [0.1, 0.15) is 5.69 Å². The number of hydrogen-bond donors (Lipinski definition) is 2. The van der Waals surface area contributed by atoms with Gasteiger partial charge in [0, 0.05) is 18.8 Å². The van der Waals surface area contributed by atoms with Crippen LogP contribution >= 0.6 is 0 Å². The van der Waals surface area contributed by atoms with Crippen molar-refractivity contribution in [2.24, 2.45) is 5.92 Å². The third-order valence-electron chi connectivity index (χ3n) is 4.00. The molecule has 1 unspecified atom stereocenters. The van der Waals surface area contributed by atoms with Crippen LogP contribution in [0.25, 0.3) is 0 Å². The molecule has 1 fully saturated rings. The van der Waals surface area contributed by atoms with Crippen LogP contribution in [0.4, 0.5) is 0 Å². The second kappa shape index (κ2) is 6.59. The summed E-state index contributed by atoms with van der Waals surface area (Å²) in [6, 6.07) is 4.21. The van der Waals surface area contributed by atoms with Crippen LogP contribution in [0.1, 0.15) is 55.6 Å². The van der Waals surface area contributed by atoms with Gasteiger partial charge in [0.05, 0.1) is 5.92 Å². The Kier molecular flexibility index (Phi) is 4.82. The van der Waals surface area contributed by atoms with E-state index in [1.54, 1.807) is 6.92 Å². The second-order valence-corrected chi connectivity index (χ2v) is 5.52. The summed E-state index contributed by atoms with van der Waals surface area (Å²) in [6.45, 7) is 2.21. The molecule has 2 rings (SSSR count). The SMILES string of the molecule is CC(CCCNC(=O)c1cccn1C1CCC1)C(=O)O. The van der Waals surface area contributed by atoms with Crippen LogP contribution in [0.5, 0.6) is 0 Å². The number of nitrogens with zero attached hydrogens (tertiary/aromatic N) is 1. The Morgan fingerprint density at radius 3 is 2.85 bits per heavy atom. The molecule has 0 radical (unpaired) electrons. The molecule has 1 aliphatic carbocycles. The summed E-state index contributed by atoms with van der Waals surface area (Å²) in [5.74, 6) is -1.20. The molecule has 1 amide bonds. The van der Waals surface area contributed by atoms with E-state index < -0.39 is 5.97 Å². The van der Waals surface area contributed by atoms with Crippen molar-refractivity contribution in [3.8, 4) is 0 Å². The minimum absolute atomic E-state index is 0.0649. The average Bonchev–Trinajstić information content (AvgIpc) is 2.80. The molecular weight excluding hydrogens is 256 g/mol. The molecule has 5 heteroatoms. The lowest BCUT2D eigenvalue weighted by Gasteiger charge is -2.28. The zero-order chi connectivity index (χ0) is 14.5. The predicted octanol–water partition coefficient (Wildman–Crippen LogP) is 2.44. The van der Waals surface area contributed by atoms with Crippen molar-refractivity contribution in [3.05, 3.63) is 24.0 Å². The van der Waals surface area contributed by atoms with Gasteiger partial charge in [-0.1, -0.05) is 6.92 Å². The number of carbonyl (C=O) groups excluding carboxylic acids is 1. The lowest BCUT2D eigenvalue weighted by Crippen LogP contribution is -2.29. The van der Waals surface area contributed by atoms with Gasteiger partial charge in [-0.05, 0) is 44.2 Å². The number of hydrogen-bond acceptors (Lipinski definition) is 2. The van der Waals surface area contributed by atoms with Crippen molar-refractivity contribution >= 4 is 11.9 Å². The maximum atomic E-state index is 12.1. The molecule has 20 heavy (non-hydrogen) atoms. The van der Waals surface area contributed by atoms with Gasteiger partial charge < -0.3 is 15.0 Å². The molecule has 5 nitrogen and oxygen atoms in total. The number of carbonyl (C=O) groups is 2. The molecule has 1 saturated carbocycles. The first-order chi connectivity index (χ1) is 9.59. The van der Waals surface area contributed by atoms with Gasteiger partial charge in [-0.15, -0.1) is 0 Å². The number of carboxylic acid groups (broad SMARTS) is 1. The van der Waals surface area contributed by atoms with Gasteiger partial charge in [-0.2, -0.15) is 0 Å². The molecule has 1 aromatic heterocycles. The van der Waals surface area contributed by atoms with E-state index in [0.717, 1.165) is 12.8 Å². The summed E-state index contributed by atoms with van der Waals surface area (Å²) < 4.78 is 2.05. The molecule has 2 N–H and O–H groups in total. The van der Waals surface area contributed by atoms with Crippen molar-refractivity contribution < 1.29 is 14.7 Å². The summed E-state index contributed by atoms with van der Waals surface area (Å²) in [5, 5.41) is 11.7. The second-order valence-electron chi connectivity index (χ2n) is 5.52. The highest BCUT2D eigenvalue weighted by molar-refractivity contribution is 5.92. The summed E-state index contributed by atoms with van der Waals surface area (Å²) in [5.41, 5.74) is 0.709. The van der Waals surface area contributed by atoms with Crippen LogP contribution in [0.15, 0.2) is 18.3 Å². The van der Waals surface area contributed by atoms with Crippen LogP contribution in [0.2, 0.25) is 0 Å². The van der Waals surface area contributed by atoms with Crippen molar-refractivity contribution in [1.29, 1.82) is 0 Å². The molecule has 0 aliphatic heterocycles. The molecule has 1 aromatic rings. The molecule has 0 saturated heterocycles. The first kappa shape index (κ1) is 14.6. The normalized spacial score (nSPS) is 16.4. The number of carboxylic acids is 1. The highest BCUT2D eigenvalue weighted by Gasteiger charge is 2.23. The highest BCUT2D eigenvalue weighted by atomic mass is 16.4. The molecule has 110 valence electrons. The van der Waals surface area contributed by atoms with Crippen LogP contribution in [0, 0.1) is 5.92 Å². The van der Waals surface area contributed by atoms with Crippen LogP contribution in [0.3, 0.4) is 0 Å². The standard InChI is InChI=1S/C15H22N2O3/c1-11(15(19)20)5-3-9-16-14(18)13-8-4-10-17(13)12-6-2-7-12/h4,8,10-12H,2-3,5-7,9H2,1H3,(H,16,18)(H,19,20). The van der Waals surface area contributed by atoms with Crippen molar-refractivity contribution in [2.75, 3.05) is 6.54 Å². The Hall–Kier alpha value is -1.78. The quantitative estimate of drug-likeness (QED) is 0.752. The number of amides is 1. The Morgan fingerprint density at radius 2 is 2.25 bits per heavy atom. The number of aromatic nitrogens is 1. The monoisotopic (exact) mass is 278 g/mol.